The predicted molar refractivity (Wildman–Crippen MR) is 219 cm³/mol. The van der Waals surface area contributed by atoms with E-state index in [2.05, 4.69) is 208 Å². The molecule has 246 valence electrons. The standard InChI is InChI=1S/C47H44N2Si/c1-33-21-23-37(24-22-33)49(35-17-11-8-12-18-35)45-32-44-46(41-20-14-13-19-40(41)45)42-30-27-38(31-43(42)47(44,2)3)48(34-15-9-7-10-16-34)36-25-28-39(29-26-36)50(4,5)6/h7-32H,1-6H3. The third-order valence-corrected chi connectivity index (χ3v) is 12.5. The van der Waals surface area contributed by atoms with Crippen molar-refractivity contribution >= 4 is 58.2 Å². The number of anilines is 6. The number of para-hydroxylation sites is 2. The lowest BCUT2D eigenvalue weighted by Crippen LogP contribution is -2.37. The first kappa shape index (κ1) is 31.9. The first-order valence-corrected chi connectivity index (χ1v) is 21.2. The van der Waals surface area contributed by atoms with Gasteiger partial charge in [-0.2, -0.15) is 0 Å². The summed E-state index contributed by atoms with van der Waals surface area (Å²) in [7, 11) is -1.42. The summed E-state index contributed by atoms with van der Waals surface area (Å²) in [5.41, 5.74) is 13.4. The molecule has 0 spiro atoms. The average molecular weight is 665 g/mol. The zero-order valence-corrected chi connectivity index (χ0v) is 30.9. The highest BCUT2D eigenvalue weighted by atomic mass is 28.3. The topological polar surface area (TPSA) is 6.48 Å². The Bertz CT molecular complexity index is 2320. The van der Waals surface area contributed by atoms with Crippen molar-refractivity contribution in [2.45, 2.75) is 45.8 Å². The van der Waals surface area contributed by atoms with E-state index in [1.807, 2.05) is 0 Å². The number of nitrogens with zero attached hydrogens (tertiary/aromatic N) is 2. The normalized spacial score (nSPS) is 13.2. The smallest absolute Gasteiger partial charge is 0.0775 e. The Morgan fingerprint density at radius 1 is 0.460 bits per heavy atom. The molecule has 0 saturated carbocycles. The highest BCUT2D eigenvalue weighted by molar-refractivity contribution is 6.88. The van der Waals surface area contributed by atoms with E-state index < -0.39 is 8.07 Å². The van der Waals surface area contributed by atoms with Gasteiger partial charge in [0, 0.05) is 39.2 Å². The van der Waals surface area contributed by atoms with Gasteiger partial charge in [0.15, 0.2) is 0 Å². The fourth-order valence-electron chi connectivity index (χ4n) is 7.71. The van der Waals surface area contributed by atoms with E-state index in [9.17, 15) is 0 Å². The lowest BCUT2D eigenvalue weighted by atomic mass is 9.81. The molecule has 3 heteroatoms. The van der Waals surface area contributed by atoms with Crippen LogP contribution in [0.3, 0.4) is 0 Å². The minimum Gasteiger partial charge on any atom is -0.310 e. The Labute approximate surface area is 298 Å². The zero-order chi connectivity index (χ0) is 34.6. The molecule has 0 aliphatic heterocycles. The molecule has 0 aromatic heterocycles. The molecule has 1 aliphatic carbocycles. The third kappa shape index (κ3) is 5.43. The minimum atomic E-state index is -1.42. The molecule has 50 heavy (non-hydrogen) atoms. The van der Waals surface area contributed by atoms with Gasteiger partial charge in [0.25, 0.3) is 0 Å². The summed E-state index contributed by atoms with van der Waals surface area (Å²) in [6.07, 6.45) is 0. The van der Waals surface area contributed by atoms with Crippen LogP contribution in [0, 0.1) is 6.92 Å². The van der Waals surface area contributed by atoms with Crippen molar-refractivity contribution in [1.29, 1.82) is 0 Å². The van der Waals surface area contributed by atoms with Gasteiger partial charge < -0.3 is 9.80 Å². The molecule has 1 aliphatic rings. The Kier molecular flexibility index (Phi) is 7.77. The van der Waals surface area contributed by atoms with E-state index in [0.29, 0.717) is 0 Å². The van der Waals surface area contributed by atoms with Gasteiger partial charge >= 0.3 is 0 Å². The minimum absolute atomic E-state index is 0.223. The third-order valence-electron chi connectivity index (χ3n) is 10.5. The molecule has 0 radical (unpaired) electrons. The fourth-order valence-corrected chi connectivity index (χ4v) is 8.88. The second-order valence-corrected chi connectivity index (χ2v) is 20.3. The molecule has 0 atom stereocenters. The summed E-state index contributed by atoms with van der Waals surface area (Å²) in [5, 5.41) is 4.00. The molecule has 7 aromatic carbocycles. The van der Waals surface area contributed by atoms with Gasteiger partial charge in [-0.05, 0) is 101 Å². The first-order valence-electron chi connectivity index (χ1n) is 17.7. The van der Waals surface area contributed by atoms with Crippen molar-refractivity contribution in [3.8, 4) is 11.1 Å². The van der Waals surface area contributed by atoms with Crippen LogP contribution < -0.4 is 15.0 Å². The lowest BCUT2D eigenvalue weighted by Gasteiger charge is -2.30. The van der Waals surface area contributed by atoms with Gasteiger partial charge in [0.1, 0.15) is 0 Å². The van der Waals surface area contributed by atoms with Crippen LogP contribution in [0.5, 0.6) is 0 Å². The van der Waals surface area contributed by atoms with Crippen molar-refractivity contribution in [1.82, 2.24) is 0 Å². The largest absolute Gasteiger partial charge is 0.310 e. The highest BCUT2D eigenvalue weighted by Gasteiger charge is 2.38. The molecule has 7 aromatic rings. The molecule has 0 fully saturated rings. The van der Waals surface area contributed by atoms with Crippen LogP contribution in [-0.4, -0.2) is 8.07 Å². The van der Waals surface area contributed by atoms with E-state index in [4.69, 9.17) is 0 Å². The monoisotopic (exact) mass is 664 g/mol. The molecule has 0 bridgehead atoms. The van der Waals surface area contributed by atoms with E-state index in [1.165, 1.54) is 60.8 Å². The first-order chi connectivity index (χ1) is 24.1. The number of fused-ring (bicyclic) bond motifs is 5. The van der Waals surface area contributed by atoms with Crippen LogP contribution >= 0.6 is 0 Å². The molecule has 0 N–H and O–H groups in total. The van der Waals surface area contributed by atoms with E-state index in [0.717, 1.165) is 17.1 Å². The summed E-state index contributed by atoms with van der Waals surface area (Å²) in [5.74, 6) is 0. The predicted octanol–water partition coefficient (Wildman–Crippen LogP) is 12.9. The average Bonchev–Trinajstić information content (AvgIpc) is 3.35. The number of hydrogen-bond donors (Lipinski definition) is 0. The summed E-state index contributed by atoms with van der Waals surface area (Å²) in [6, 6.07) is 58.3. The van der Waals surface area contributed by atoms with Gasteiger partial charge in [-0.25, -0.2) is 0 Å². The van der Waals surface area contributed by atoms with Crippen molar-refractivity contribution < 1.29 is 0 Å². The maximum atomic E-state index is 2.47. The molecule has 0 unspecified atom stereocenters. The summed E-state index contributed by atoms with van der Waals surface area (Å²) >= 11 is 0. The number of benzene rings is 7. The van der Waals surface area contributed by atoms with E-state index >= 15 is 0 Å². The Balaban J connectivity index is 1.32. The molecule has 0 heterocycles. The van der Waals surface area contributed by atoms with Crippen molar-refractivity contribution in [3.63, 3.8) is 0 Å². The molecule has 2 nitrogen and oxygen atoms in total. The van der Waals surface area contributed by atoms with Crippen LogP contribution in [0.15, 0.2) is 158 Å². The zero-order valence-electron chi connectivity index (χ0n) is 29.9. The molecular weight excluding hydrogens is 621 g/mol. The Hall–Kier alpha value is -5.38. The maximum Gasteiger partial charge on any atom is 0.0775 e. The van der Waals surface area contributed by atoms with Crippen molar-refractivity contribution in [3.05, 3.63) is 174 Å². The molecule has 0 saturated heterocycles. The second-order valence-electron chi connectivity index (χ2n) is 15.2. The van der Waals surface area contributed by atoms with Crippen molar-refractivity contribution in [2.75, 3.05) is 9.80 Å². The SMILES string of the molecule is Cc1ccc(N(c2ccccc2)c2cc3c(c4ccccc24)-c2ccc(N(c4ccccc4)c4ccc([Si](C)(C)C)cc4)cc2C3(C)C)cc1. The van der Waals surface area contributed by atoms with Gasteiger partial charge in [0.05, 0.1) is 13.8 Å². The van der Waals surface area contributed by atoms with Crippen LogP contribution in [0.25, 0.3) is 21.9 Å². The second kappa shape index (κ2) is 12.2. The van der Waals surface area contributed by atoms with E-state index in [1.54, 1.807) is 0 Å². The summed E-state index contributed by atoms with van der Waals surface area (Å²) in [4.78, 5) is 4.83. The maximum absolute atomic E-state index is 2.47. The van der Waals surface area contributed by atoms with Crippen LogP contribution in [-0.2, 0) is 5.41 Å². The van der Waals surface area contributed by atoms with Gasteiger partial charge in [-0.1, -0.05) is 135 Å². The summed E-state index contributed by atoms with van der Waals surface area (Å²) < 4.78 is 0. The van der Waals surface area contributed by atoms with Crippen LogP contribution in [0.4, 0.5) is 34.1 Å². The van der Waals surface area contributed by atoms with Gasteiger partial charge in [-0.3, -0.25) is 0 Å². The van der Waals surface area contributed by atoms with Crippen LogP contribution in [0.1, 0.15) is 30.5 Å². The Morgan fingerprint density at radius 2 is 0.960 bits per heavy atom. The Morgan fingerprint density at radius 3 is 1.58 bits per heavy atom. The van der Waals surface area contributed by atoms with Gasteiger partial charge in [0.2, 0.25) is 0 Å². The molecule has 0 amide bonds. The quantitative estimate of drug-likeness (QED) is 0.156. The van der Waals surface area contributed by atoms with Crippen molar-refractivity contribution in [2.24, 2.45) is 0 Å². The van der Waals surface area contributed by atoms with Gasteiger partial charge in [-0.15, -0.1) is 0 Å². The number of aryl methyl sites for hydroxylation is 1. The number of hydrogen-bond acceptors (Lipinski definition) is 2. The molecule has 8 rings (SSSR count). The van der Waals surface area contributed by atoms with Crippen LogP contribution in [0.2, 0.25) is 19.6 Å². The highest BCUT2D eigenvalue weighted by Crippen LogP contribution is 2.55. The fraction of sp³-hybridized carbons (Fsp3) is 0.149. The summed E-state index contributed by atoms with van der Waals surface area (Å²) in [6.45, 7) is 14.2. The lowest BCUT2D eigenvalue weighted by molar-refractivity contribution is 0.661. The van der Waals surface area contributed by atoms with E-state index in [-0.39, 0.29) is 5.41 Å². The number of rotatable bonds is 7. The molecular formula is C47H44N2Si.